The molecule has 1 saturated carbocycles. The molecule has 2 aliphatic rings. The smallest absolute Gasteiger partial charge is 0.254 e. The van der Waals surface area contributed by atoms with E-state index in [1.54, 1.807) is 0 Å². The van der Waals surface area contributed by atoms with E-state index in [2.05, 4.69) is 15.5 Å². The lowest BCUT2D eigenvalue weighted by atomic mass is 9.99. The summed E-state index contributed by atoms with van der Waals surface area (Å²) in [6, 6.07) is 13.8. The molecule has 0 unspecified atom stereocenters. The maximum Gasteiger partial charge on any atom is 0.254 e. The van der Waals surface area contributed by atoms with E-state index in [9.17, 15) is 9.59 Å². The zero-order valence-corrected chi connectivity index (χ0v) is 18.6. The van der Waals surface area contributed by atoms with Crippen LogP contribution in [-0.4, -0.2) is 41.7 Å². The second kappa shape index (κ2) is 8.70. The predicted molar refractivity (Wildman–Crippen MR) is 125 cm³/mol. The van der Waals surface area contributed by atoms with Crippen molar-refractivity contribution in [2.75, 3.05) is 26.3 Å². The molecule has 2 aromatic carbocycles. The molecule has 32 heavy (non-hydrogen) atoms. The molecule has 1 saturated heterocycles. The number of primary amides is 1. The molecule has 0 bridgehead atoms. The first-order valence-electron chi connectivity index (χ1n) is 11.1. The van der Waals surface area contributed by atoms with Crippen LogP contribution >= 0.6 is 11.6 Å². The fraction of sp³-hybridized carbons (Fsp3) is 0.360. The van der Waals surface area contributed by atoms with Crippen LogP contribution in [0, 0.1) is 0 Å². The van der Waals surface area contributed by atoms with Gasteiger partial charge in [-0.3, -0.25) is 14.5 Å². The van der Waals surface area contributed by atoms with Crippen LogP contribution in [0.2, 0.25) is 5.02 Å². The highest BCUT2D eigenvalue weighted by molar-refractivity contribution is 6.30. The van der Waals surface area contributed by atoms with Crippen LogP contribution in [0.4, 0.5) is 0 Å². The molecule has 1 aliphatic carbocycles. The number of hydrogen-bond acceptors (Lipinski definition) is 4. The van der Waals surface area contributed by atoms with Gasteiger partial charge in [-0.2, -0.15) is 0 Å². The number of ether oxygens (including phenoxy) is 1. The summed E-state index contributed by atoms with van der Waals surface area (Å²) < 4.78 is 7.60. The lowest BCUT2D eigenvalue weighted by molar-refractivity contribution is 0.0342. The molecular weight excluding hydrogens is 426 g/mol. The number of hydrogen-bond donors (Lipinski definition) is 1. The Kier molecular flexibility index (Phi) is 5.76. The van der Waals surface area contributed by atoms with Gasteiger partial charge in [0.2, 0.25) is 5.43 Å². The minimum atomic E-state index is -0.672. The summed E-state index contributed by atoms with van der Waals surface area (Å²) in [5.41, 5.74) is 9.19. The number of aromatic nitrogens is 1. The van der Waals surface area contributed by atoms with Gasteiger partial charge in [0.1, 0.15) is 5.56 Å². The second-order valence-electron chi connectivity index (χ2n) is 8.66. The van der Waals surface area contributed by atoms with Crippen LogP contribution in [-0.2, 0) is 17.7 Å². The van der Waals surface area contributed by atoms with Gasteiger partial charge >= 0.3 is 0 Å². The largest absolute Gasteiger partial charge is 0.379 e. The van der Waals surface area contributed by atoms with Gasteiger partial charge in [0, 0.05) is 48.2 Å². The normalized spacial score (nSPS) is 17.0. The Morgan fingerprint density at radius 2 is 1.75 bits per heavy atom. The number of halogens is 1. The van der Waals surface area contributed by atoms with E-state index in [4.69, 9.17) is 22.1 Å². The number of pyridine rings is 1. The first kappa shape index (κ1) is 21.2. The Bertz CT molecular complexity index is 1230. The zero-order chi connectivity index (χ0) is 22.2. The number of benzene rings is 2. The quantitative estimate of drug-likeness (QED) is 0.622. The molecular formula is C25H26ClN3O3. The van der Waals surface area contributed by atoms with Crippen molar-refractivity contribution in [1.82, 2.24) is 9.47 Å². The van der Waals surface area contributed by atoms with Crippen molar-refractivity contribution in [1.29, 1.82) is 0 Å². The zero-order valence-electron chi connectivity index (χ0n) is 17.9. The second-order valence-corrected chi connectivity index (χ2v) is 9.10. The van der Waals surface area contributed by atoms with Gasteiger partial charge in [-0.05, 0) is 48.2 Å². The van der Waals surface area contributed by atoms with E-state index < -0.39 is 5.91 Å². The lowest BCUT2D eigenvalue weighted by Gasteiger charge is -2.27. The van der Waals surface area contributed by atoms with Crippen molar-refractivity contribution < 1.29 is 9.53 Å². The van der Waals surface area contributed by atoms with E-state index in [1.165, 1.54) is 0 Å². The molecule has 7 heteroatoms. The van der Waals surface area contributed by atoms with Gasteiger partial charge in [0.05, 0.1) is 18.7 Å². The van der Waals surface area contributed by atoms with Crippen molar-refractivity contribution in [3.8, 4) is 0 Å². The minimum Gasteiger partial charge on any atom is -0.379 e. The van der Waals surface area contributed by atoms with Crippen LogP contribution in [0.1, 0.15) is 46.1 Å². The number of fused-ring (bicyclic) bond motifs is 1. The molecule has 5 rings (SSSR count). The molecule has 1 aliphatic heterocycles. The maximum absolute atomic E-state index is 13.5. The van der Waals surface area contributed by atoms with Crippen LogP contribution < -0.4 is 11.2 Å². The highest BCUT2D eigenvalue weighted by Crippen LogP contribution is 2.39. The molecule has 1 aromatic heterocycles. The van der Waals surface area contributed by atoms with Crippen molar-refractivity contribution >= 4 is 28.4 Å². The molecule has 6 nitrogen and oxygen atoms in total. The number of rotatable bonds is 6. The van der Waals surface area contributed by atoms with E-state index in [0.717, 1.165) is 62.3 Å². The monoisotopic (exact) mass is 451 g/mol. The number of nitrogens with zero attached hydrogens (tertiary/aromatic N) is 2. The molecule has 166 valence electrons. The molecule has 1 amide bonds. The molecule has 0 spiro atoms. The first-order chi connectivity index (χ1) is 15.5. The van der Waals surface area contributed by atoms with Gasteiger partial charge in [0.15, 0.2) is 0 Å². The van der Waals surface area contributed by atoms with E-state index >= 15 is 0 Å². The fourth-order valence-corrected chi connectivity index (χ4v) is 4.72. The van der Waals surface area contributed by atoms with E-state index in [0.29, 0.717) is 22.5 Å². The number of amides is 1. The SMILES string of the molecule is NC(=O)c1c(Cc2ccc(Cl)cc2)n(C2CC2)c2ccc(CN3CCOCC3)cc2c1=O. The third-order valence-corrected chi connectivity index (χ3v) is 6.58. The number of carbonyl (C=O) groups excluding carboxylic acids is 1. The van der Waals surface area contributed by atoms with Crippen LogP contribution in [0.3, 0.4) is 0 Å². The molecule has 2 N–H and O–H groups in total. The van der Waals surface area contributed by atoms with Crippen molar-refractivity contribution in [3.05, 3.63) is 80.1 Å². The van der Waals surface area contributed by atoms with Gasteiger partial charge in [-0.15, -0.1) is 0 Å². The molecule has 3 aromatic rings. The predicted octanol–water partition coefficient (Wildman–Crippen LogP) is 3.51. The molecule has 0 radical (unpaired) electrons. The van der Waals surface area contributed by atoms with E-state index in [1.807, 2.05) is 36.4 Å². The lowest BCUT2D eigenvalue weighted by Crippen LogP contribution is -2.35. The third kappa shape index (κ3) is 4.18. The van der Waals surface area contributed by atoms with Gasteiger partial charge in [-0.25, -0.2) is 0 Å². The van der Waals surface area contributed by atoms with Crippen LogP contribution in [0.15, 0.2) is 47.3 Å². The summed E-state index contributed by atoms with van der Waals surface area (Å²) in [4.78, 5) is 28.3. The van der Waals surface area contributed by atoms with Crippen LogP contribution in [0.5, 0.6) is 0 Å². The average Bonchev–Trinajstić information content (AvgIpc) is 3.61. The van der Waals surface area contributed by atoms with E-state index in [-0.39, 0.29) is 17.0 Å². The summed E-state index contributed by atoms with van der Waals surface area (Å²) in [5, 5.41) is 1.21. The summed E-state index contributed by atoms with van der Waals surface area (Å²) >= 11 is 6.04. The summed E-state index contributed by atoms with van der Waals surface area (Å²) in [6.07, 6.45) is 2.51. The Morgan fingerprint density at radius 1 is 1.06 bits per heavy atom. The Balaban J connectivity index is 1.64. The molecule has 2 fully saturated rings. The first-order valence-corrected chi connectivity index (χ1v) is 11.4. The van der Waals surface area contributed by atoms with Crippen molar-refractivity contribution in [2.24, 2.45) is 5.73 Å². The Morgan fingerprint density at radius 3 is 2.41 bits per heavy atom. The number of carbonyl (C=O) groups is 1. The molecule has 0 atom stereocenters. The standard InChI is InChI=1S/C25H26ClN3O3/c26-18-4-1-16(2-5-18)14-22-23(25(27)31)24(30)20-13-17(15-28-9-11-32-12-10-28)3-8-21(20)29(22)19-6-7-19/h1-5,8,13,19H,6-7,9-12,14-15H2,(H2,27,31). The average molecular weight is 452 g/mol. The number of nitrogens with two attached hydrogens (primary N) is 1. The molecule has 2 heterocycles. The summed E-state index contributed by atoms with van der Waals surface area (Å²) in [5.74, 6) is -0.672. The summed E-state index contributed by atoms with van der Waals surface area (Å²) in [7, 11) is 0. The third-order valence-electron chi connectivity index (χ3n) is 6.32. The highest BCUT2D eigenvalue weighted by Gasteiger charge is 2.30. The van der Waals surface area contributed by atoms with Crippen LogP contribution in [0.25, 0.3) is 10.9 Å². The fourth-order valence-electron chi connectivity index (χ4n) is 4.60. The van der Waals surface area contributed by atoms with Gasteiger partial charge in [-0.1, -0.05) is 29.8 Å². The Hall–Kier alpha value is -2.67. The maximum atomic E-state index is 13.5. The topological polar surface area (TPSA) is 77.6 Å². The Labute approximate surface area is 191 Å². The summed E-state index contributed by atoms with van der Waals surface area (Å²) in [6.45, 7) is 3.94. The number of morpholine rings is 1. The highest BCUT2D eigenvalue weighted by atomic mass is 35.5. The van der Waals surface area contributed by atoms with Crippen molar-refractivity contribution in [3.63, 3.8) is 0 Å². The van der Waals surface area contributed by atoms with Gasteiger partial charge in [0.25, 0.3) is 5.91 Å². The van der Waals surface area contributed by atoms with Crippen molar-refractivity contribution in [2.45, 2.75) is 31.8 Å². The van der Waals surface area contributed by atoms with Gasteiger partial charge < -0.3 is 15.0 Å². The minimum absolute atomic E-state index is 0.0999.